The molecule has 0 spiro atoms. The highest BCUT2D eigenvalue weighted by atomic mass is 16.5. The van der Waals surface area contributed by atoms with E-state index in [9.17, 15) is 9.59 Å². The summed E-state index contributed by atoms with van der Waals surface area (Å²) < 4.78 is 12.4. The number of carbonyl (C=O) groups excluding carboxylic acids is 1. The molecular formula is C32H31N5O4. The van der Waals surface area contributed by atoms with Gasteiger partial charge in [-0.15, -0.1) is 0 Å². The van der Waals surface area contributed by atoms with Crippen LogP contribution in [0, 0.1) is 0 Å². The van der Waals surface area contributed by atoms with E-state index in [1.807, 2.05) is 74.5 Å². The molecule has 3 aromatic heterocycles. The molecule has 0 saturated heterocycles. The number of benzene rings is 2. The maximum Gasteiger partial charge on any atom is 0.267 e. The number of nitrogens with zero attached hydrogens (tertiary/aromatic N) is 5. The summed E-state index contributed by atoms with van der Waals surface area (Å²) in [5, 5.41) is 0.390. The summed E-state index contributed by atoms with van der Waals surface area (Å²) in [5.74, 6) is 1.69. The van der Waals surface area contributed by atoms with E-state index in [4.69, 9.17) is 14.5 Å². The maximum absolute atomic E-state index is 13.9. The molecule has 0 bridgehead atoms. The number of hydrogen-bond acceptors (Lipinski definition) is 7. The lowest BCUT2D eigenvalue weighted by Gasteiger charge is -2.31. The van der Waals surface area contributed by atoms with Gasteiger partial charge in [-0.2, -0.15) is 0 Å². The van der Waals surface area contributed by atoms with Gasteiger partial charge in [-0.25, -0.2) is 9.97 Å². The van der Waals surface area contributed by atoms with E-state index in [2.05, 4.69) is 9.97 Å². The summed E-state index contributed by atoms with van der Waals surface area (Å²) in [4.78, 5) is 43.0. The van der Waals surface area contributed by atoms with E-state index in [0.29, 0.717) is 40.7 Å². The number of pyridine rings is 2. The number of hydrogen-bond donors (Lipinski definition) is 0. The van der Waals surface area contributed by atoms with Crippen LogP contribution in [0.3, 0.4) is 0 Å². The van der Waals surface area contributed by atoms with Crippen LogP contribution in [0.2, 0.25) is 0 Å². The Labute approximate surface area is 238 Å². The van der Waals surface area contributed by atoms with Crippen molar-refractivity contribution in [2.75, 3.05) is 13.7 Å². The largest absolute Gasteiger partial charge is 0.497 e. The third kappa shape index (κ3) is 6.09. The van der Waals surface area contributed by atoms with Gasteiger partial charge < -0.3 is 14.4 Å². The van der Waals surface area contributed by atoms with Crippen molar-refractivity contribution in [1.82, 2.24) is 24.4 Å². The van der Waals surface area contributed by atoms with Crippen molar-refractivity contribution < 1.29 is 14.3 Å². The van der Waals surface area contributed by atoms with Crippen LogP contribution in [0.1, 0.15) is 36.8 Å². The van der Waals surface area contributed by atoms with Crippen LogP contribution in [-0.4, -0.2) is 44.0 Å². The lowest BCUT2D eigenvalue weighted by atomic mass is 10.1. The average Bonchev–Trinajstić information content (AvgIpc) is 3.01. The summed E-state index contributed by atoms with van der Waals surface area (Å²) in [7, 11) is 1.60. The molecule has 1 atom stereocenters. The van der Waals surface area contributed by atoms with E-state index in [1.54, 1.807) is 47.3 Å². The molecule has 0 N–H and O–H groups in total. The molecule has 0 aliphatic heterocycles. The molecule has 0 saturated carbocycles. The van der Waals surface area contributed by atoms with E-state index < -0.39 is 6.04 Å². The Morgan fingerprint density at radius 2 is 1.68 bits per heavy atom. The summed E-state index contributed by atoms with van der Waals surface area (Å²) in [6, 6.07) is 21.3. The molecule has 0 aliphatic carbocycles. The number of ether oxygens (including phenoxy) is 2. The standard InChI is InChI=1S/C32H31N5O4/c1-4-41-27-15-11-25(12-16-27)37-31(35-30-28(32(37)39)8-6-18-34-30)22(2)36(21-24-7-5-17-33-20-24)29(38)19-23-9-13-26(40-3)14-10-23/h5-18,20,22H,4,19,21H2,1-3H3/t22-/m1/s1. The van der Waals surface area contributed by atoms with Gasteiger partial charge in [0, 0.05) is 25.1 Å². The van der Waals surface area contributed by atoms with Gasteiger partial charge in [0.25, 0.3) is 5.56 Å². The molecule has 9 nitrogen and oxygen atoms in total. The monoisotopic (exact) mass is 549 g/mol. The maximum atomic E-state index is 13.9. The molecule has 41 heavy (non-hydrogen) atoms. The minimum absolute atomic E-state index is 0.125. The Morgan fingerprint density at radius 3 is 2.37 bits per heavy atom. The van der Waals surface area contributed by atoms with Crippen molar-refractivity contribution in [3.63, 3.8) is 0 Å². The van der Waals surface area contributed by atoms with Crippen molar-refractivity contribution in [1.29, 1.82) is 0 Å². The smallest absolute Gasteiger partial charge is 0.267 e. The molecule has 5 rings (SSSR count). The summed E-state index contributed by atoms with van der Waals surface area (Å²) in [5.41, 5.74) is 2.37. The van der Waals surface area contributed by atoms with Crippen molar-refractivity contribution in [2.24, 2.45) is 0 Å². The molecule has 0 unspecified atom stereocenters. The van der Waals surface area contributed by atoms with Gasteiger partial charge in [-0.05, 0) is 79.6 Å². The SMILES string of the molecule is CCOc1ccc(-n2c([C@@H](C)N(Cc3cccnc3)C(=O)Cc3ccc(OC)cc3)nc3ncccc3c2=O)cc1. The number of carbonyl (C=O) groups is 1. The highest BCUT2D eigenvalue weighted by Crippen LogP contribution is 2.26. The van der Waals surface area contributed by atoms with Crippen molar-refractivity contribution in [3.05, 3.63) is 119 Å². The van der Waals surface area contributed by atoms with Gasteiger partial charge in [0.15, 0.2) is 5.65 Å². The Morgan fingerprint density at radius 1 is 0.951 bits per heavy atom. The van der Waals surface area contributed by atoms with E-state index in [-0.39, 0.29) is 24.4 Å². The number of aromatic nitrogens is 4. The highest BCUT2D eigenvalue weighted by Gasteiger charge is 2.27. The minimum atomic E-state index is -0.591. The topological polar surface area (TPSA) is 99.4 Å². The molecule has 5 aromatic rings. The summed E-state index contributed by atoms with van der Waals surface area (Å²) in [6.45, 7) is 4.61. The van der Waals surface area contributed by atoms with E-state index in [1.165, 1.54) is 0 Å². The Bertz CT molecular complexity index is 1690. The average molecular weight is 550 g/mol. The molecular weight excluding hydrogens is 518 g/mol. The van der Waals surface area contributed by atoms with E-state index in [0.717, 1.165) is 11.1 Å². The van der Waals surface area contributed by atoms with E-state index >= 15 is 0 Å². The first kappa shape index (κ1) is 27.5. The van der Waals surface area contributed by atoms with Crippen molar-refractivity contribution in [3.8, 4) is 17.2 Å². The molecule has 2 aromatic carbocycles. The fourth-order valence-electron chi connectivity index (χ4n) is 4.71. The third-order valence-corrected chi connectivity index (χ3v) is 6.83. The zero-order chi connectivity index (χ0) is 28.8. The first-order valence-electron chi connectivity index (χ1n) is 13.4. The normalized spacial score (nSPS) is 11.7. The number of rotatable bonds is 10. The Hall–Kier alpha value is -5.05. The van der Waals surface area contributed by atoms with Crippen LogP contribution < -0.4 is 15.0 Å². The first-order valence-corrected chi connectivity index (χ1v) is 13.4. The molecule has 208 valence electrons. The number of fused-ring (bicyclic) bond motifs is 1. The fourth-order valence-corrected chi connectivity index (χ4v) is 4.71. The predicted octanol–water partition coefficient (Wildman–Crippen LogP) is 4.92. The molecule has 1 amide bonds. The fraction of sp³-hybridized carbons (Fsp3) is 0.219. The predicted molar refractivity (Wildman–Crippen MR) is 156 cm³/mol. The molecule has 0 aliphatic rings. The van der Waals surface area contributed by atoms with Crippen molar-refractivity contribution >= 4 is 16.9 Å². The van der Waals surface area contributed by atoms with Gasteiger partial charge in [-0.3, -0.25) is 19.1 Å². The lowest BCUT2D eigenvalue weighted by Crippen LogP contribution is -2.38. The number of methoxy groups -OCH3 is 1. The third-order valence-electron chi connectivity index (χ3n) is 6.83. The zero-order valence-electron chi connectivity index (χ0n) is 23.2. The van der Waals surface area contributed by atoms with Crippen LogP contribution in [0.25, 0.3) is 16.7 Å². The van der Waals surface area contributed by atoms with Crippen molar-refractivity contribution in [2.45, 2.75) is 32.9 Å². The second-order valence-corrected chi connectivity index (χ2v) is 9.50. The summed E-state index contributed by atoms with van der Waals surface area (Å²) in [6.07, 6.45) is 5.19. The van der Waals surface area contributed by atoms with Gasteiger partial charge in [0.05, 0.1) is 37.3 Å². The van der Waals surface area contributed by atoms with Gasteiger partial charge in [0.2, 0.25) is 5.91 Å². The molecule has 9 heteroatoms. The lowest BCUT2D eigenvalue weighted by molar-refractivity contribution is -0.133. The quantitative estimate of drug-likeness (QED) is 0.244. The van der Waals surface area contributed by atoms with Crippen LogP contribution in [0.4, 0.5) is 0 Å². The van der Waals surface area contributed by atoms with Gasteiger partial charge in [-0.1, -0.05) is 18.2 Å². The van der Waals surface area contributed by atoms with Crippen LogP contribution >= 0.6 is 0 Å². The van der Waals surface area contributed by atoms with Gasteiger partial charge >= 0.3 is 0 Å². The summed E-state index contributed by atoms with van der Waals surface area (Å²) >= 11 is 0. The Balaban J connectivity index is 1.60. The molecule has 0 fully saturated rings. The zero-order valence-corrected chi connectivity index (χ0v) is 23.2. The molecule has 3 heterocycles. The second kappa shape index (κ2) is 12.4. The Kier molecular flexibility index (Phi) is 8.34. The van der Waals surface area contributed by atoms with Gasteiger partial charge in [0.1, 0.15) is 17.3 Å². The van der Waals surface area contributed by atoms with Crippen LogP contribution in [0.5, 0.6) is 11.5 Å². The number of amides is 1. The highest BCUT2D eigenvalue weighted by molar-refractivity contribution is 5.79. The molecule has 0 radical (unpaired) electrons. The minimum Gasteiger partial charge on any atom is -0.497 e. The first-order chi connectivity index (χ1) is 20.0. The van der Waals surface area contributed by atoms with Crippen LogP contribution in [0.15, 0.2) is 96.2 Å². The second-order valence-electron chi connectivity index (χ2n) is 9.50. The van der Waals surface area contributed by atoms with Crippen LogP contribution in [-0.2, 0) is 17.8 Å².